The highest BCUT2D eigenvalue weighted by molar-refractivity contribution is 7.86. The zero-order valence-electron chi connectivity index (χ0n) is 10.7. The summed E-state index contributed by atoms with van der Waals surface area (Å²) in [5.74, 6) is -0.869. The fraction of sp³-hybridized carbons (Fsp3) is 0.154. The number of thiophene rings is 1. The number of rotatable bonds is 3. The van der Waals surface area contributed by atoms with E-state index in [9.17, 15) is 17.1 Å². The maximum absolute atomic E-state index is 13.3. The van der Waals surface area contributed by atoms with Crippen LogP contribution in [0.5, 0.6) is 0 Å². The number of carbonyl (C=O) groups excluding carboxylic acids is 1. The van der Waals surface area contributed by atoms with E-state index >= 15 is 0 Å². The highest BCUT2D eigenvalue weighted by atomic mass is 32.3. The van der Waals surface area contributed by atoms with E-state index in [1.54, 1.807) is 12.1 Å². The van der Waals surface area contributed by atoms with E-state index in [4.69, 9.17) is 0 Å². The molecule has 1 aromatic carbocycles. The van der Waals surface area contributed by atoms with Gasteiger partial charge >= 0.3 is 16.2 Å². The second-order valence-corrected chi connectivity index (χ2v) is 6.42. The minimum atomic E-state index is -4.98. The summed E-state index contributed by atoms with van der Waals surface area (Å²) in [5.41, 5.74) is 1.64. The van der Waals surface area contributed by atoms with Crippen LogP contribution in [0, 0.1) is 6.92 Å². The van der Waals surface area contributed by atoms with Gasteiger partial charge in [0.05, 0.1) is 7.11 Å². The molecule has 0 fully saturated rings. The van der Waals surface area contributed by atoms with Crippen molar-refractivity contribution in [3.05, 3.63) is 40.8 Å². The van der Waals surface area contributed by atoms with Crippen LogP contribution >= 0.6 is 11.3 Å². The molecule has 2 rings (SSSR count). The Morgan fingerprint density at radius 3 is 2.50 bits per heavy atom. The van der Waals surface area contributed by atoms with Crippen LogP contribution in [0.25, 0.3) is 10.4 Å². The lowest BCUT2D eigenvalue weighted by atomic mass is 10.1. The highest BCUT2D eigenvalue weighted by Gasteiger charge is 2.27. The second kappa shape index (κ2) is 5.34. The number of esters is 1. The number of ether oxygens (including phenoxy) is 1. The van der Waals surface area contributed by atoms with E-state index in [0.29, 0.717) is 4.88 Å². The molecular weight excluding hydrogens is 303 g/mol. The Labute approximate surface area is 120 Å². The zero-order chi connectivity index (χ0) is 14.9. The minimum absolute atomic E-state index is 0.256. The highest BCUT2D eigenvalue weighted by Crippen LogP contribution is 2.36. The Balaban J connectivity index is 2.67. The van der Waals surface area contributed by atoms with Crippen LogP contribution in [0.4, 0.5) is 3.89 Å². The van der Waals surface area contributed by atoms with Crippen LogP contribution < -0.4 is 0 Å². The molecule has 0 unspecified atom stereocenters. The second-order valence-electron chi connectivity index (χ2n) is 4.05. The molecule has 2 aromatic rings. The van der Waals surface area contributed by atoms with Crippen LogP contribution in [0.15, 0.2) is 35.2 Å². The molecule has 0 amide bonds. The van der Waals surface area contributed by atoms with Gasteiger partial charge in [0.1, 0.15) is 9.77 Å². The van der Waals surface area contributed by atoms with Crippen molar-refractivity contribution in [2.45, 2.75) is 11.8 Å². The Morgan fingerprint density at radius 1 is 1.30 bits per heavy atom. The van der Waals surface area contributed by atoms with Crippen molar-refractivity contribution in [2.75, 3.05) is 7.11 Å². The van der Waals surface area contributed by atoms with Crippen LogP contribution in [0.1, 0.15) is 15.2 Å². The first kappa shape index (κ1) is 14.7. The third-order valence-corrected chi connectivity index (χ3v) is 4.87. The molecule has 1 heterocycles. The maximum Gasteiger partial charge on any atom is 0.349 e. The van der Waals surface area contributed by atoms with E-state index in [0.717, 1.165) is 35.6 Å². The average molecular weight is 314 g/mol. The lowest BCUT2D eigenvalue weighted by molar-refractivity contribution is 0.0602. The van der Waals surface area contributed by atoms with Gasteiger partial charge in [-0.2, -0.15) is 8.42 Å². The summed E-state index contributed by atoms with van der Waals surface area (Å²) < 4.78 is 40.0. The molecule has 0 saturated heterocycles. The lowest BCUT2D eigenvalue weighted by Gasteiger charge is -2.01. The molecule has 1 aromatic heterocycles. The normalized spacial score (nSPS) is 11.3. The van der Waals surface area contributed by atoms with Gasteiger partial charge in [0.15, 0.2) is 0 Å². The Morgan fingerprint density at radius 2 is 1.95 bits per heavy atom. The average Bonchev–Trinajstić information content (AvgIpc) is 2.83. The third-order valence-electron chi connectivity index (χ3n) is 2.74. The molecule has 0 bridgehead atoms. The van der Waals surface area contributed by atoms with Crippen LogP contribution in [-0.2, 0) is 15.0 Å². The first-order valence-electron chi connectivity index (χ1n) is 5.57. The number of halogens is 1. The third kappa shape index (κ3) is 2.73. The van der Waals surface area contributed by atoms with Crippen LogP contribution in [0.3, 0.4) is 0 Å². The van der Waals surface area contributed by atoms with Crippen molar-refractivity contribution in [1.29, 1.82) is 0 Å². The smallest absolute Gasteiger partial charge is 0.349 e. The largest absolute Gasteiger partial charge is 0.465 e. The molecule has 7 heteroatoms. The lowest BCUT2D eigenvalue weighted by Crippen LogP contribution is -2.03. The fourth-order valence-corrected chi connectivity index (χ4v) is 3.90. The van der Waals surface area contributed by atoms with Crippen molar-refractivity contribution in [3.63, 3.8) is 0 Å². The minimum Gasteiger partial charge on any atom is -0.465 e. The van der Waals surface area contributed by atoms with Crippen molar-refractivity contribution < 1.29 is 21.8 Å². The van der Waals surface area contributed by atoms with Crippen molar-refractivity contribution in [3.8, 4) is 10.4 Å². The topological polar surface area (TPSA) is 60.4 Å². The predicted octanol–water partition coefficient (Wildman–Crippen LogP) is 3.17. The van der Waals surface area contributed by atoms with E-state index in [-0.39, 0.29) is 4.88 Å². The summed E-state index contributed by atoms with van der Waals surface area (Å²) in [6.07, 6.45) is 0. The molecule has 0 spiro atoms. The molecule has 0 aliphatic heterocycles. The number of hydrogen-bond donors (Lipinski definition) is 0. The molecule has 0 radical (unpaired) electrons. The maximum atomic E-state index is 13.3. The molecule has 0 saturated carbocycles. The van der Waals surface area contributed by atoms with Gasteiger partial charge in [-0.15, -0.1) is 15.2 Å². The molecule has 0 aliphatic carbocycles. The van der Waals surface area contributed by atoms with Gasteiger partial charge in [0.2, 0.25) is 0 Å². The van der Waals surface area contributed by atoms with Gasteiger partial charge in [0.25, 0.3) is 0 Å². The SMILES string of the molecule is COC(=O)c1sc(-c2ccccc2C)cc1S(=O)(=O)F. The van der Waals surface area contributed by atoms with E-state index < -0.39 is 21.1 Å². The van der Waals surface area contributed by atoms with E-state index in [1.165, 1.54) is 0 Å². The van der Waals surface area contributed by atoms with Crippen molar-refractivity contribution in [1.82, 2.24) is 0 Å². The van der Waals surface area contributed by atoms with E-state index in [1.807, 2.05) is 19.1 Å². The first-order valence-corrected chi connectivity index (χ1v) is 7.77. The van der Waals surface area contributed by atoms with Gasteiger partial charge in [-0.05, 0) is 24.1 Å². The standard InChI is InChI=1S/C13H11FO4S2/c1-8-5-3-4-6-9(8)10-7-11(20(14,16)17)12(19-10)13(15)18-2/h3-7H,1-2H3. The molecule has 4 nitrogen and oxygen atoms in total. The summed E-state index contributed by atoms with van der Waals surface area (Å²) in [5, 5.41) is 0. The summed E-state index contributed by atoms with van der Waals surface area (Å²) >= 11 is 0.893. The van der Waals surface area contributed by atoms with Crippen molar-refractivity contribution >= 4 is 27.5 Å². The Hall–Kier alpha value is -1.73. The van der Waals surface area contributed by atoms with E-state index in [2.05, 4.69) is 4.74 Å². The van der Waals surface area contributed by atoms with Gasteiger partial charge < -0.3 is 4.74 Å². The van der Waals surface area contributed by atoms with Gasteiger partial charge in [-0.3, -0.25) is 0 Å². The van der Waals surface area contributed by atoms with Gasteiger partial charge in [0, 0.05) is 4.88 Å². The number of carbonyl (C=O) groups is 1. The van der Waals surface area contributed by atoms with Crippen LogP contribution in [-0.4, -0.2) is 21.5 Å². The number of hydrogen-bond acceptors (Lipinski definition) is 5. The first-order chi connectivity index (χ1) is 9.34. The zero-order valence-corrected chi connectivity index (χ0v) is 12.3. The fourth-order valence-electron chi connectivity index (χ4n) is 1.77. The Kier molecular flexibility index (Phi) is 3.92. The predicted molar refractivity (Wildman–Crippen MR) is 74.1 cm³/mol. The molecule has 0 N–H and O–H groups in total. The molecule has 0 atom stereocenters. The summed E-state index contributed by atoms with van der Waals surface area (Å²) in [6, 6.07) is 8.39. The van der Waals surface area contributed by atoms with Gasteiger partial charge in [-0.1, -0.05) is 24.3 Å². The summed E-state index contributed by atoms with van der Waals surface area (Å²) in [6.45, 7) is 1.84. The summed E-state index contributed by atoms with van der Waals surface area (Å²) in [7, 11) is -3.86. The van der Waals surface area contributed by atoms with Gasteiger partial charge in [-0.25, -0.2) is 4.79 Å². The summed E-state index contributed by atoms with van der Waals surface area (Å²) in [4.78, 5) is 11.2. The number of benzene rings is 1. The van der Waals surface area contributed by atoms with Crippen LogP contribution in [0.2, 0.25) is 0 Å². The monoisotopic (exact) mass is 314 g/mol. The Bertz CT molecular complexity index is 762. The number of methoxy groups -OCH3 is 1. The number of aryl methyl sites for hydroxylation is 1. The molecular formula is C13H11FO4S2. The molecule has 20 heavy (non-hydrogen) atoms. The molecule has 106 valence electrons. The quantitative estimate of drug-likeness (QED) is 0.645. The van der Waals surface area contributed by atoms with Crippen molar-refractivity contribution in [2.24, 2.45) is 0 Å². The molecule has 0 aliphatic rings.